The van der Waals surface area contributed by atoms with Gasteiger partial charge in [0.25, 0.3) is 0 Å². The summed E-state index contributed by atoms with van der Waals surface area (Å²) in [6, 6.07) is -0.711. The summed E-state index contributed by atoms with van der Waals surface area (Å²) in [5.41, 5.74) is 0.114. The summed E-state index contributed by atoms with van der Waals surface area (Å²) < 4.78 is 5.94. The van der Waals surface area contributed by atoms with Gasteiger partial charge in [0.1, 0.15) is 10.6 Å². The molecule has 20 heavy (non-hydrogen) atoms. The van der Waals surface area contributed by atoms with E-state index in [4.69, 9.17) is 9.84 Å². The fraction of sp³-hybridized carbons (Fsp3) is 0.583. The second kappa shape index (κ2) is 6.53. The van der Waals surface area contributed by atoms with E-state index in [2.05, 4.69) is 26.2 Å². The van der Waals surface area contributed by atoms with Crippen molar-refractivity contribution >= 4 is 39.3 Å². The Hall–Kier alpha value is -1.15. The van der Waals surface area contributed by atoms with E-state index in [1.54, 1.807) is 27.7 Å². The van der Waals surface area contributed by atoms with Gasteiger partial charge in [-0.1, -0.05) is 0 Å². The Labute approximate surface area is 129 Å². The number of hydrogen-bond donors (Lipinski definition) is 2. The molecule has 0 saturated heterocycles. The molecule has 1 atom stereocenters. The van der Waals surface area contributed by atoms with Gasteiger partial charge in [0.2, 0.25) is 0 Å². The van der Waals surface area contributed by atoms with E-state index >= 15 is 0 Å². The number of thiazole rings is 1. The molecule has 1 rings (SSSR count). The Kier molecular flexibility index (Phi) is 5.52. The highest BCUT2D eigenvalue weighted by molar-refractivity contribution is 9.11. The van der Waals surface area contributed by atoms with Crippen LogP contribution in [0.3, 0.4) is 0 Å². The van der Waals surface area contributed by atoms with Crippen LogP contribution in [0.4, 0.5) is 4.79 Å². The van der Waals surface area contributed by atoms with Gasteiger partial charge in [-0.25, -0.2) is 9.78 Å². The maximum absolute atomic E-state index is 11.8. The number of ether oxygens (including phenoxy) is 1. The molecule has 0 unspecified atom stereocenters. The molecule has 0 fully saturated rings. The van der Waals surface area contributed by atoms with Gasteiger partial charge >= 0.3 is 12.1 Å². The van der Waals surface area contributed by atoms with Gasteiger partial charge in [-0.3, -0.25) is 4.79 Å². The zero-order valence-electron chi connectivity index (χ0n) is 11.7. The molecule has 112 valence electrons. The van der Waals surface area contributed by atoms with Crippen molar-refractivity contribution in [2.45, 2.75) is 45.8 Å². The molecule has 0 saturated carbocycles. The van der Waals surface area contributed by atoms with Gasteiger partial charge in [0.05, 0.1) is 21.9 Å². The summed E-state index contributed by atoms with van der Waals surface area (Å²) in [5, 5.41) is 12.0. The minimum atomic E-state index is -1.02. The lowest BCUT2D eigenvalue weighted by Crippen LogP contribution is -2.35. The largest absolute Gasteiger partial charge is 0.481 e. The van der Waals surface area contributed by atoms with Crippen LogP contribution in [0.1, 0.15) is 43.9 Å². The maximum atomic E-state index is 11.8. The van der Waals surface area contributed by atoms with Crippen LogP contribution in [-0.4, -0.2) is 27.8 Å². The summed E-state index contributed by atoms with van der Waals surface area (Å²) in [5.74, 6) is -1.02. The lowest BCUT2D eigenvalue weighted by Gasteiger charge is -2.22. The van der Waals surface area contributed by atoms with Crippen molar-refractivity contribution in [1.29, 1.82) is 0 Å². The molecule has 8 heteroatoms. The van der Waals surface area contributed by atoms with E-state index in [1.807, 2.05) is 0 Å². The van der Waals surface area contributed by atoms with Crippen LogP contribution in [0.5, 0.6) is 0 Å². The lowest BCUT2D eigenvalue weighted by molar-refractivity contribution is -0.137. The van der Waals surface area contributed by atoms with Gasteiger partial charge in [-0.2, -0.15) is 0 Å². The number of carbonyl (C=O) groups is 2. The third kappa shape index (κ3) is 5.46. The lowest BCUT2D eigenvalue weighted by atomic mass is 10.2. The minimum Gasteiger partial charge on any atom is -0.481 e. The number of rotatable bonds is 4. The number of aryl methyl sites for hydroxylation is 1. The molecule has 1 aromatic heterocycles. The molecule has 0 aliphatic heterocycles. The molecule has 1 amide bonds. The number of carboxylic acid groups (broad SMARTS) is 1. The summed E-state index contributed by atoms with van der Waals surface area (Å²) in [4.78, 5) is 26.9. The molecule has 6 nitrogen and oxygen atoms in total. The molecule has 0 bridgehead atoms. The number of nitrogens with one attached hydrogen (secondary N) is 1. The van der Waals surface area contributed by atoms with E-state index in [-0.39, 0.29) is 6.42 Å². The van der Waals surface area contributed by atoms with Crippen molar-refractivity contribution in [3.63, 3.8) is 0 Å². The van der Waals surface area contributed by atoms with E-state index in [1.165, 1.54) is 11.3 Å². The molecule has 1 heterocycles. The van der Waals surface area contributed by atoms with Crippen molar-refractivity contribution in [1.82, 2.24) is 10.3 Å². The molecule has 0 spiro atoms. The van der Waals surface area contributed by atoms with Crippen LogP contribution in [0.2, 0.25) is 0 Å². The average Bonchev–Trinajstić information content (AvgIpc) is 2.54. The SMILES string of the molecule is Cc1nc([C@H](CC(=O)O)NC(=O)OC(C)(C)C)sc1Br. The molecular weight excluding hydrogens is 348 g/mol. The van der Waals surface area contributed by atoms with E-state index in [0.717, 1.165) is 9.48 Å². The van der Waals surface area contributed by atoms with Crippen LogP contribution in [-0.2, 0) is 9.53 Å². The smallest absolute Gasteiger partial charge is 0.408 e. The maximum Gasteiger partial charge on any atom is 0.408 e. The summed E-state index contributed by atoms with van der Waals surface area (Å²) in [7, 11) is 0. The standard InChI is InChI=1S/C12H17BrN2O4S/c1-6-9(13)20-10(14-6)7(5-8(16)17)15-11(18)19-12(2,3)4/h7H,5H2,1-4H3,(H,15,18)(H,16,17)/t7-/m0/s1. The van der Waals surface area contributed by atoms with Crippen molar-refractivity contribution in [3.05, 3.63) is 14.5 Å². The Balaban J connectivity index is 2.85. The normalized spacial score (nSPS) is 12.8. The van der Waals surface area contributed by atoms with Crippen LogP contribution in [0.15, 0.2) is 3.79 Å². The van der Waals surface area contributed by atoms with Gasteiger partial charge in [-0.15, -0.1) is 11.3 Å². The quantitative estimate of drug-likeness (QED) is 0.855. The number of halogens is 1. The van der Waals surface area contributed by atoms with Crippen molar-refractivity contribution < 1.29 is 19.4 Å². The number of carboxylic acids is 1. The number of nitrogens with zero attached hydrogens (tertiary/aromatic N) is 1. The Bertz CT molecular complexity index is 491. The number of aliphatic carboxylic acids is 1. The Morgan fingerprint density at radius 2 is 2.10 bits per heavy atom. The van der Waals surface area contributed by atoms with Crippen LogP contribution in [0, 0.1) is 6.92 Å². The number of carbonyl (C=O) groups excluding carboxylic acids is 1. The Morgan fingerprint density at radius 1 is 1.50 bits per heavy atom. The molecule has 2 N–H and O–H groups in total. The first-order chi connectivity index (χ1) is 9.08. The number of hydrogen-bond acceptors (Lipinski definition) is 5. The summed E-state index contributed by atoms with van der Waals surface area (Å²) >= 11 is 4.63. The second-order valence-corrected chi connectivity index (χ2v) is 7.56. The van der Waals surface area contributed by atoms with Crippen LogP contribution >= 0.6 is 27.3 Å². The highest BCUT2D eigenvalue weighted by Gasteiger charge is 2.25. The van der Waals surface area contributed by atoms with E-state index in [9.17, 15) is 9.59 Å². The highest BCUT2D eigenvalue weighted by Crippen LogP contribution is 2.29. The predicted molar refractivity (Wildman–Crippen MR) is 78.9 cm³/mol. The monoisotopic (exact) mass is 364 g/mol. The average molecular weight is 365 g/mol. The third-order valence-electron chi connectivity index (χ3n) is 2.12. The molecule has 0 aliphatic carbocycles. The van der Waals surface area contributed by atoms with Crippen molar-refractivity contribution in [2.24, 2.45) is 0 Å². The number of amides is 1. The molecule has 0 radical (unpaired) electrons. The second-order valence-electron chi connectivity index (χ2n) is 5.21. The van der Waals surface area contributed by atoms with E-state index < -0.39 is 23.7 Å². The zero-order valence-corrected chi connectivity index (χ0v) is 14.1. The molecular formula is C12H17BrN2O4S. The first kappa shape index (κ1) is 16.9. The van der Waals surface area contributed by atoms with Crippen LogP contribution < -0.4 is 5.32 Å². The first-order valence-corrected chi connectivity index (χ1v) is 7.53. The summed E-state index contributed by atoms with van der Waals surface area (Å²) in [6.07, 6.45) is -0.911. The summed E-state index contributed by atoms with van der Waals surface area (Å²) in [6.45, 7) is 7.02. The van der Waals surface area contributed by atoms with Gasteiger partial charge in [-0.05, 0) is 43.6 Å². The Morgan fingerprint density at radius 3 is 2.50 bits per heavy atom. The van der Waals surface area contributed by atoms with Gasteiger partial charge < -0.3 is 15.2 Å². The predicted octanol–water partition coefficient (Wildman–Crippen LogP) is 3.25. The van der Waals surface area contributed by atoms with E-state index in [0.29, 0.717) is 5.01 Å². The zero-order chi connectivity index (χ0) is 15.5. The molecule has 0 aromatic carbocycles. The number of alkyl carbamates (subject to hydrolysis) is 1. The van der Waals surface area contributed by atoms with Crippen molar-refractivity contribution in [2.75, 3.05) is 0 Å². The van der Waals surface area contributed by atoms with Gasteiger partial charge in [0, 0.05) is 0 Å². The van der Waals surface area contributed by atoms with Crippen LogP contribution in [0.25, 0.3) is 0 Å². The first-order valence-electron chi connectivity index (χ1n) is 5.92. The molecule has 1 aromatic rings. The highest BCUT2D eigenvalue weighted by atomic mass is 79.9. The molecule has 0 aliphatic rings. The van der Waals surface area contributed by atoms with Crippen molar-refractivity contribution in [3.8, 4) is 0 Å². The number of aromatic nitrogens is 1. The van der Waals surface area contributed by atoms with Gasteiger partial charge in [0.15, 0.2) is 0 Å². The third-order valence-corrected chi connectivity index (χ3v) is 4.24. The topological polar surface area (TPSA) is 88.5 Å². The fourth-order valence-electron chi connectivity index (χ4n) is 1.37. The minimum absolute atomic E-state index is 0.251. The fourth-order valence-corrected chi connectivity index (χ4v) is 2.80.